The SMILES string of the molecule is CCCC(C)C(O)c1cc(C)ccc1C. The van der Waals surface area contributed by atoms with Crippen LogP contribution in [0, 0.1) is 19.8 Å². The molecule has 0 radical (unpaired) electrons. The van der Waals surface area contributed by atoms with Crippen LogP contribution in [0.4, 0.5) is 0 Å². The number of aliphatic hydroxyl groups is 1. The summed E-state index contributed by atoms with van der Waals surface area (Å²) >= 11 is 0. The first-order chi connectivity index (χ1) is 7.06. The van der Waals surface area contributed by atoms with E-state index in [1.165, 1.54) is 11.1 Å². The second kappa shape index (κ2) is 5.32. The van der Waals surface area contributed by atoms with Gasteiger partial charge in [-0.1, -0.05) is 44.0 Å². The van der Waals surface area contributed by atoms with Crippen LogP contribution in [-0.2, 0) is 0 Å². The average molecular weight is 206 g/mol. The lowest BCUT2D eigenvalue weighted by molar-refractivity contribution is 0.111. The maximum atomic E-state index is 10.2. The highest BCUT2D eigenvalue weighted by Gasteiger charge is 2.17. The van der Waals surface area contributed by atoms with Crippen LogP contribution in [0.15, 0.2) is 18.2 Å². The summed E-state index contributed by atoms with van der Waals surface area (Å²) < 4.78 is 0. The third-order valence-electron chi connectivity index (χ3n) is 3.04. The van der Waals surface area contributed by atoms with E-state index in [0.717, 1.165) is 18.4 Å². The third-order valence-corrected chi connectivity index (χ3v) is 3.04. The molecule has 1 nitrogen and oxygen atoms in total. The van der Waals surface area contributed by atoms with Crippen molar-refractivity contribution in [2.24, 2.45) is 5.92 Å². The average Bonchev–Trinajstić information content (AvgIpc) is 2.21. The van der Waals surface area contributed by atoms with E-state index in [0.29, 0.717) is 5.92 Å². The number of rotatable bonds is 4. The zero-order valence-electron chi connectivity index (χ0n) is 10.2. The highest BCUT2D eigenvalue weighted by atomic mass is 16.3. The quantitative estimate of drug-likeness (QED) is 0.795. The summed E-state index contributed by atoms with van der Waals surface area (Å²) in [7, 11) is 0. The van der Waals surface area contributed by atoms with Gasteiger partial charge in [0.15, 0.2) is 0 Å². The molecule has 0 aliphatic rings. The molecule has 1 heteroatoms. The Morgan fingerprint density at radius 1 is 1.27 bits per heavy atom. The molecule has 2 unspecified atom stereocenters. The summed E-state index contributed by atoms with van der Waals surface area (Å²) in [4.78, 5) is 0. The molecule has 1 aromatic rings. The van der Waals surface area contributed by atoms with Gasteiger partial charge < -0.3 is 5.11 Å². The highest BCUT2D eigenvalue weighted by molar-refractivity contribution is 5.32. The molecule has 84 valence electrons. The molecule has 2 atom stereocenters. The van der Waals surface area contributed by atoms with E-state index in [9.17, 15) is 5.11 Å². The van der Waals surface area contributed by atoms with Gasteiger partial charge in [-0.25, -0.2) is 0 Å². The van der Waals surface area contributed by atoms with E-state index in [1.54, 1.807) is 0 Å². The zero-order valence-corrected chi connectivity index (χ0v) is 10.2. The number of hydrogen-bond donors (Lipinski definition) is 1. The number of benzene rings is 1. The molecular weight excluding hydrogens is 184 g/mol. The van der Waals surface area contributed by atoms with Crippen LogP contribution in [0.2, 0.25) is 0 Å². The summed E-state index contributed by atoms with van der Waals surface area (Å²) in [6.45, 7) is 8.42. The molecule has 0 aromatic heterocycles. The molecule has 0 amide bonds. The summed E-state index contributed by atoms with van der Waals surface area (Å²) in [6, 6.07) is 6.29. The van der Waals surface area contributed by atoms with Crippen LogP contribution >= 0.6 is 0 Å². The molecule has 0 aliphatic heterocycles. The fourth-order valence-electron chi connectivity index (χ4n) is 2.00. The van der Waals surface area contributed by atoms with Crippen LogP contribution < -0.4 is 0 Å². The molecule has 1 aromatic carbocycles. The third kappa shape index (κ3) is 3.07. The lowest BCUT2D eigenvalue weighted by Crippen LogP contribution is -2.10. The summed E-state index contributed by atoms with van der Waals surface area (Å²) in [5, 5.41) is 10.2. The topological polar surface area (TPSA) is 20.2 Å². The normalized spacial score (nSPS) is 15.0. The van der Waals surface area contributed by atoms with Gasteiger partial charge in [-0.2, -0.15) is 0 Å². The van der Waals surface area contributed by atoms with Crippen molar-refractivity contribution in [1.29, 1.82) is 0 Å². The Balaban J connectivity index is 2.89. The molecule has 1 rings (SSSR count). The largest absolute Gasteiger partial charge is 0.388 e. The van der Waals surface area contributed by atoms with E-state index in [4.69, 9.17) is 0 Å². The fourth-order valence-corrected chi connectivity index (χ4v) is 2.00. The summed E-state index contributed by atoms with van der Waals surface area (Å²) in [5.41, 5.74) is 3.50. The van der Waals surface area contributed by atoms with Crippen LogP contribution in [0.1, 0.15) is 49.5 Å². The fraction of sp³-hybridized carbons (Fsp3) is 0.571. The van der Waals surface area contributed by atoms with Crippen molar-refractivity contribution >= 4 is 0 Å². The van der Waals surface area contributed by atoms with Crippen LogP contribution in [-0.4, -0.2) is 5.11 Å². The second-order valence-electron chi connectivity index (χ2n) is 4.57. The highest BCUT2D eigenvalue weighted by Crippen LogP contribution is 2.28. The Morgan fingerprint density at radius 2 is 1.93 bits per heavy atom. The standard InChI is InChI=1S/C14H22O/c1-5-6-12(4)14(15)13-9-10(2)7-8-11(13)3/h7-9,12,14-15H,5-6H2,1-4H3. The molecule has 0 saturated carbocycles. The number of hydrogen-bond acceptors (Lipinski definition) is 1. The predicted molar refractivity (Wildman–Crippen MR) is 64.9 cm³/mol. The summed E-state index contributed by atoms with van der Waals surface area (Å²) in [5.74, 6) is 0.343. The first-order valence-corrected chi connectivity index (χ1v) is 5.81. The van der Waals surface area contributed by atoms with Gasteiger partial charge >= 0.3 is 0 Å². The van der Waals surface area contributed by atoms with Gasteiger partial charge in [0.05, 0.1) is 6.10 Å². The van der Waals surface area contributed by atoms with Crippen LogP contribution in [0.3, 0.4) is 0 Å². The monoisotopic (exact) mass is 206 g/mol. The Morgan fingerprint density at radius 3 is 2.53 bits per heavy atom. The Kier molecular flexibility index (Phi) is 4.34. The first-order valence-electron chi connectivity index (χ1n) is 5.81. The molecule has 0 aliphatic carbocycles. The smallest absolute Gasteiger partial charge is 0.0818 e. The summed E-state index contributed by atoms with van der Waals surface area (Å²) in [6.07, 6.45) is 1.89. The Bertz CT molecular complexity index is 317. The minimum atomic E-state index is -0.315. The second-order valence-corrected chi connectivity index (χ2v) is 4.57. The van der Waals surface area contributed by atoms with Gasteiger partial charge in [-0.3, -0.25) is 0 Å². The van der Waals surface area contributed by atoms with E-state index >= 15 is 0 Å². The molecule has 0 saturated heterocycles. The van der Waals surface area contributed by atoms with E-state index in [-0.39, 0.29) is 6.10 Å². The van der Waals surface area contributed by atoms with Crippen LogP contribution in [0.5, 0.6) is 0 Å². The van der Waals surface area contributed by atoms with Crippen LogP contribution in [0.25, 0.3) is 0 Å². The molecule has 1 N–H and O–H groups in total. The molecular formula is C14H22O. The van der Waals surface area contributed by atoms with Crippen molar-refractivity contribution < 1.29 is 5.11 Å². The zero-order chi connectivity index (χ0) is 11.4. The molecule has 0 spiro atoms. The van der Waals surface area contributed by atoms with Gasteiger partial charge in [-0.15, -0.1) is 0 Å². The maximum Gasteiger partial charge on any atom is 0.0818 e. The predicted octanol–water partition coefficient (Wildman–Crippen LogP) is 3.77. The van der Waals surface area contributed by atoms with Crippen molar-refractivity contribution in [3.05, 3.63) is 34.9 Å². The van der Waals surface area contributed by atoms with Crippen molar-refractivity contribution in [2.75, 3.05) is 0 Å². The van der Waals surface area contributed by atoms with E-state index in [2.05, 4.69) is 45.9 Å². The van der Waals surface area contributed by atoms with E-state index in [1.807, 2.05) is 0 Å². The molecule has 0 fully saturated rings. The lowest BCUT2D eigenvalue weighted by Gasteiger charge is -2.20. The Hall–Kier alpha value is -0.820. The number of aliphatic hydroxyl groups excluding tert-OH is 1. The van der Waals surface area contributed by atoms with Crippen molar-refractivity contribution in [1.82, 2.24) is 0 Å². The van der Waals surface area contributed by atoms with Crippen molar-refractivity contribution in [3.63, 3.8) is 0 Å². The minimum Gasteiger partial charge on any atom is -0.388 e. The minimum absolute atomic E-state index is 0.315. The van der Waals surface area contributed by atoms with Gasteiger partial charge in [0.25, 0.3) is 0 Å². The van der Waals surface area contributed by atoms with Crippen molar-refractivity contribution in [2.45, 2.75) is 46.6 Å². The maximum absolute atomic E-state index is 10.2. The van der Waals surface area contributed by atoms with Gasteiger partial charge in [0.1, 0.15) is 0 Å². The molecule has 15 heavy (non-hydrogen) atoms. The van der Waals surface area contributed by atoms with Gasteiger partial charge in [0, 0.05) is 0 Å². The molecule has 0 heterocycles. The lowest BCUT2D eigenvalue weighted by atomic mass is 9.90. The molecule has 0 bridgehead atoms. The van der Waals surface area contributed by atoms with E-state index < -0.39 is 0 Å². The number of aryl methyl sites for hydroxylation is 2. The van der Waals surface area contributed by atoms with Gasteiger partial charge in [-0.05, 0) is 37.3 Å². The van der Waals surface area contributed by atoms with Gasteiger partial charge in [0.2, 0.25) is 0 Å². The van der Waals surface area contributed by atoms with Crippen molar-refractivity contribution in [3.8, 4) is 0 Å². The Labute approximate surface area is 93.1 Å². The first kappa shape index (κ1) is 12.3.